The SMILES string of the molecule is CCOC(=O)Cn1cnc2c1=C=CC(CC1=CCCC(C)CC1)=NC=2C1CCc2ccccc2C1. The lowest BCUT2D eigenvalue weighted by atomic mass is 9.82. The Labute approximate surface area is 207 Å². The average molecular weight is 470 g/mol. The van der Waals surface area contributed by atoms with Gasteiger partial charge in [-0.15, -0.1) is 0 Å². The number of fused-ring (bicyclic) bond motifs is 2. The topological polar surface area (TPSA) is 56.5 Å². The molecule has 2 unspecified atom stereocenters. The summed E-state index contributed by atoms with van der Waals surface area (Å²) in [6, 6.07) is 8.74. The standard InChI is InChI=1S/C30H35N3O2/c1-3-35-28(34)19-33-20-31-30-27(33)16-15-26(17-22-8-6-7-21(2)11-12-22)32-29(30)25-14-13-23-9-4-5-10-24(23)18-25/h4-5,8-10,15,20-21,25H,3,6-7,11-14,17-19H2,1-2H3. The Morgan fingerprint density at radius 3 is 2.89 bits per heavy atom. The van der Waals surface area contributed by atoms with Crippen LogP contribution >= 0.6 is 0 Å². The first-order valence-corrected chi connectivity index (χ1v) is 13.1. The summed E-state index contributed by atoms with van der Waals surface area (Å²) in [5, 5.41) is 1.68. The zero-order valence-corrected chi connectivity index (χ0v) is 20.9. The molecule has 2 heterocycles. The maximum Gasteiger partial charge on any atom is 0.326 e. The summed E-state index contributed by atoms with van der Waals surface area (Å²) in [5.41, 5.74) is 9.87. The van der Waals surface area contributed by atoms with Gasteiger partial charge < -0.3 is 9.30 Å². The molecule has 0 N–H and O–H groups in total. The molecule has 1 aromatic carbocycles. The monoisotopic (exact) mass is 469 g/mol. The fourth-order valence-electron chi connectivity index (χ4n) is 5.53. The molecule has 5 heteroatoms. The van der Waals surface area contributed by atoms with Crippen LogP contribution in [0.5, 0.6) is 0 Å². The predicted octanol–water partition coefficient (Wildman–Crippen LogP) is 4.28. The van der Waals surface area contributed by atoms with E-state index in [0.29, 0.717) is 12.5 Å². The highest BCUT2D eigenvalue weighted by molar-refractivity contribution is 6.00. The Balaban J connectivity index is 1.54. The number of hydrogen-bond donors (Lipinski definition) is 0. The minimum Gasteiger partial charge on any atom is -0.465 e. The molecule has 2 aliphatic carbocycles. The normalized spacial score (nSPS) is 21.6. The number of esters is 1. The smallest absolute Gasteiger partial charge is 0.326 e. The fraction of sp³-hybridized carbons (Fsp3) is 0.467. The number of benzene rings is 1. The van der Waals surface area contributed by atoms with E-state index in [-0.39, 0.29) is 12.5 Å². The summed E-state index contributed by atoms with van der Waals surface area (Å²) >= 11 is 0. The molecule has 0 bridgehead atoms. The molecular weight excluding hydrogens is 434 g/mol. The van der Waals surface area contributed by atoms with Crippen LogP contribution in [0.25, 0.3) is 11.4 Å². The highest BCUT2D eigenvalue weighted by Gasteiger charge is 2.25. The van der Waals surface area contributed by atoms with Crippen molar-refractivity contribution in [2.75, 3.05) is 6.61 Å². The van der Waals surface area contributed by atoms with Crippen molar-refractivity contribution in [1.29, 1.82) is 0 Å². The Kier molecular flexibility index (Phi) is 7.15. The largest absolute Gasteiger partial charge is 0.465 e. The quantitative estimate of drug-likeness (QED) is 0.469. The van der Waals surface area contributed by atoms with E-state index in [1.165, 1.54) is 29.5 Å². The zero-order chi connectivity index (χ0) is 24.2. The van der Waals surface area contributed by atoms with E-state index in [9.17, 15) is 4.79 Å². The van der Waals surface area contributed by atoms with E-state index in [4.69, 9.17) is 14.7 Å². The van der Waals surface area contributed by atoms with Gasteiger partial charge in [0.25, 0.3) is 0 Å². The molecule has 0 saturated heterocycles. The van der Waals surface area contributed by atoms with Crippen LogP contribution in [0, 0.1) is 11.8 Å². The van der Waals surface area contributed by atoms with Crippen molar-refractivity contribution in [1.82, 2.24) is 9.55 Å². The summed E-state index contributed by atoms with van der Waals surface area (Å²) in [5.74, 6) is 0.814. The molecule has 182 valence electrons. The van der Waals surface area contributed by atoms with Crippen LogP contribution in [-0.2, 0) is 28.9 Å². The van der Waals surface area contributed by atoms with Crippen LogP contribution in [0.2, 0.25) is 0 Å². The van der Waals surface area contributed by atoms with Crippen molar-refractivity contribution in [2.24, 2.45) is 16.8 Å². The van der Waals surface area contributed by atoms with Crippen LogP contribution in [0.4, 0.5) is 0 Å². The number of aliphatic imine (C=N–C) groups is 1. The van der Waals surface area contributed by atoms with Gasteiger partial charge in [0.2, 0.25) is 0 Å². The van der Waals surface area contributed by atoms with E-state index in [0.717, 1.165) is 66.5 Å². The molecule has 0 spiro atoms. The number of hydrogen-bond acceptors (Lipinski definition) is 4. The Bertz CT molecular complexity index is 1320. The van der Waals surface area contributed by atoms with Crippen molar-refractivity contribution in [3.63, 3.8) is 0 Å². The highest BCUT2D eigenvalue weighted by atomic mass is 16.5. The summed E-state index contributed by atoms with van der Waals surface area (Å²) in [7, 11) is 0. The van der Waals surface area contributed by atoms with Gasteiger partial charge in [0.1, 0.15) is 17.2 Å². The van der Waals surface area contributed by atoms with Crippen molar-refractivity contribution in [2.45, 2.75) is 71.8 Å². The van der Waals surface area contributed by atoms with E-state index in [2.05, 4.69) is 43.0 Å². The number of nitrogens with zero attached hydrogens (tertiary/aromatic N) is 3. The fourth-order valence-corrected chi connectivity index (χ4v) is 5.53. The molecule has 0 fully saturated rings. The molecule has 3 aliphatic rings. The molecule has 1 aliphatic heterocycles. The Morgan fingerprint density at radius 1 is 1.17 bits per heavy atom. The third-order valence-corrected chi connectivity index (χ3v) is 7.52. The molecule has 0 amide bonds. The van der Waals surface area contributed by atoms with Gasteiger partial charge in [-0.2, -0.15) is 0 Å². The van der Waals surface area contributed by atoms with Gasteiger partial charge in [0, 0.05) is 18.4 Å². The van der Waals surface area contributed by atoms with E-state index >= 15 is 0 Å². The minimum atomic E-state index is -0.259. The van der Waals surface area contributed by atoms with Crippen molar-refractivity contribution in [3.8, 4) is 0 Å². The van der Waals surface area contributed by atoms with Crippen molar-refractivity contribution >= 4 is 23.1 Å². The number of aryl methyl sites for hydroxylation is 1. The number of carbonyl (C=O) groups excluding carboxylic acids is 1. The lowest BCUT2D eigenvalue weighted by molar-refractivity contribution is -0.143. The van der Waals surface area contributed by atoms with Gasteiger partial charge in [-0.05, 0) is 68.9 Å². The minimum absolute atomic E-state index is 0.135. The lowest BCUT2D eigenvalue weighted by Crippen LogP contribution is -2.34. The average Bonchev–Trinajstić information content (AvgIpc) is 3.00. The Morgan fingerprint density at radius 2 is 2.03 bits per heavy atom. The first kappa shape index (κ1) is 23.6. The van der Waals surface area contributed by atoms with Gasteiger partial charge in [-0.1, -0.05) is 48.6 Å². The Hall–Kier alpha value is -3.17. The summed E-state index contributed by atoms with van der Waals surface area (Å²) in [6.45, 7) is 4.69. The van der Waals surface area contributed by atoms with Crippen LogP contribution in [0.1, 0.15) is 63.5 Å². The molecule has 1 aromatic heterocycles. The summed E-state index contributed by atoms with van der Waals surface area (Å²) in [6.07, 6.45) is 14.9. The van der Waals surface area contributed by atoms with Crippen LogP contribution < -0.4 is 10.7 Å². The maximum absolute atomic E-state index is 12.2. The van der Waals surface area contributed by atoms with Gasteiger partial charge in [-0.25, -0.2) is 4.98 Å². The maximum atomic E-state index is 12.2. The molecule has 0 saturated carbocycles. The summed E-state index contributed by atoms with van der Waals surface area (Å²) < 4.78 is 7.05. The summed E-state index contributed by atoms with van der Waals surface area (Å²) in [4.78, 5) is 22.3. The molecule has 2 aromatic rings. The molecule has 35 heavy (non-hydrogen) atoms. The second-order valence-corrected chi connectivity index (χ2v) is 10.1. The van der Waals surface area contributed by atoms with E-state index < -0.39 is 0 Å². The van der Waals surface area contributed by atoms with Gasteiger partial charge >= 0.3 is 5.97 Å². The number of imidazole rings is 1. The number of aromatic nitrogens is 2. The zero-order valence-electron chi connectivity index (χ0n) is 20.9. The van der Waals surface area contributed by atoms with Crippen molar-refractivity contribution in [3.05, 3.63) is 70.1 Å². The lowest BCUT2D eigenvalue weighted by Gasteiger charge is -2.25. The van der Waals surface area contributed by atoms with Crippen LogP contribution in [-0.4, -0.2) is 27.8 Å². The van der Waals surface area contributed by atoms with Crippen molar-refractivity contribution < 1.29 is 9.53 Å². The number of ether oxygens (including phenoxy) is 1. The van der Waals surface area contributed by atoms with Crippen LogP contribution in [0.15, 0.2) is 53.3 Å². The number of carbonyl (C=O) groups is 1. The first-order valence-electron chi connectivity index (χ1n) is 13.1. The van der Waals surface area contributed by atoms with Gasteiger partial charge in [0.05, 0.1) is 24.3 Å². The molecule has 5 rings (SSSR count). The second kappa shape index (κ2) is 10.6. The molecule has 2 atom stereocenters. The molecule has 0 radical (unpaired) electrons. The second-order valence-electron chi connectivity index (χ2n) is 10.1. The molecular formula is C30H35N3O2. The number of rotatable bonds is 6. The highest BCUT2D eigenvalue weighted by Crippen LogP contribution is 2.32. The third-order valence-electron chi connectivity index (χ3n) is 7.52. The van der Waals surface area contributed by atoms with Gasteiger partial charge in [-0.3, -0.25) is 9.79 Å². The van der Waals surface area contributed by atoms with E-state index in [1.54, 1.807) is 6.33 Å². The molecule has 5 nitrogen and oxygen atoms in total. The predicted molar refractivity (Wildman–Crippen MR) is 139 cm³/mol. The van der Waals surface area contributed by atoms with Gasteiger partial charge in [0.15, 0.2) is 0 Å². The first-order chi connectivity index (χ1) is 17.1. The number of allylic oxidation sites excluding steroid dienone is 3. The van der Waals surface area contributed by atoms with E-state index in [1.807, 2.05) is 17.6 Å². The van der Waals surface area contributed by atoms with Crippen LogP contribution in [0.3, 0.4) is 0 Å². The third kappa shape index (κ3) is 5.41.